The van der Waals surface area contributed by atoms with E-state index in [4.69, 9.17) is 10.8 Å². The maximum Gasteiger partial charge on any atom is 0.319 e. The Morgan fingerprint density at radius 2 is 2.33 bits per heavy atom. The van der Waals surface area contributed by atoms with Crippen LogP contribution in [-0.4, -0.2) is 20.8 Å². The molecule has 1 heterocycles. The number of carboxylic acid groups (broad SMARTS) is 1. The number of hydrogen-bond donors (Lipinski definition) is 3. The number of aromatic nitrogens is 1. The third-order valence-corrected chi connectivity index (χ3v) is 2.59. The molecule has 1 aromatic rings. The smallest absolute Gasteiger partial charge is 0.319 e. The zero-order valence-corrected chi connectivity index (χ0v) is 9.58. The maximum atomic E-state index is 10.9. The van der Waals surface area contributed by atoms with Crippen molar-refractivity contribution in [2.75, 3.05) is 5.73 Å². The van der Waals surface area contributed by atoms with Crippen LogP contribution in [-0.2, 0) is 11.2 Å². The standard InChI is InChI=1S/C10H14N2O2S/c1-6-3-8(11)12-5-7(6)4-10(2,15)9(13)14/h3,5,15H,4H2,1-2H3,(H2,11,12)(H,13,14). The molecule has 0 bridgehead atoms. The fraction of sp³-hybridized carbons (Fsp3) is 0.400. The maximum absolute atomic E-state index is 10.9. The van der Waals surface area contributed by atoms with Gasteiger partial charge in [0.25, 0.3) is 0 Å². The van der Waals surface area contributed by atoms with Crippen molar-refractivity contribution in [2.45, 2.75) is 25.0 Å². The number of nitrogen functional groups attached to an aromatic ring is 1. The summed E-state index contributed by atoms with van der Waals surface area (Å²) in [6.07, 6.45) is 1.92. The molecule has 5 heteroatoms. The number of thiol groups is 1. The Bertz CT molecular complexity index is 391. The molecular weight excluding hydrogens is 212 g/mol. The van der Waals surface area contributed by atoms with Gasteiger partial charge in [-0.05, 0) is 37.5 Å². The second-order valence-corrected chi connectivity index (χ2v) is 4.78. The molecule has 0 aliphatic carbocycles. The van der Waals surface area contributed by atoms with Crippen molar-refractivity contribution in [1.82, 2.24) is 4.98 Å². The van der Waals surface area contributed by atoms with Gasteiger partial charge in [0, 0.05) is 6.20 Å². The van der Waals surface area contributed by atoms with E-state index in [0.717, 1.165) is 11.1 Å². The van der Waals surface area contributed by atoms with Crippen molar-refractivity contribution in [3.8, 4) is 0 Å². The van der Waals surface area contributed by atoms with Crippen LogP contribution in [0, 0.1) is 6.92 Å². The summed E-state index contributed by atoms with van der Waals surface area (Å²) in [4.78, 5) is 14.8. The summed E-state index contributed by atoms with van der Waals surface area (Å²) in [5, 5.41) is 8.93. The number of aliphatic carboxylic acids is 1. The quantitative estimate of drug-likeness (QED) is 0.679. The fourth-order valence-electron chi connectivity index (χ4n) is 1.24. The highest BCUT2D eigenvalue weighted by Gasteiger charge is 2.29. The molecule has 1 unspecified atom stereocenters. The second-order valence-electron chi connectivity index (χ2n) is 3.79. The Kier molecular flexibility index (Phi) is 3.24. The van der Waals surface area contributed by atoms with Gasteiger partial charge in [-0.1, -0.05) is 0 Å². The van der Waals surface area contributed by atoms with E-state index >= 15 is 0 Å². The first kappa shape index (κ1) is 11.8. The van der Waals surface area contributed by atoms with Crippen LogP contribution in [0.1, 0.15) is 18.1 Å². The number of aryl methyl sites for hydroxylation is 1. The summed E-state index contributed by atoms with van der Waals surface area (Å²) >= 11 is 4.11. The van der Waals surface area contributed by atoms with Crippen LogP contribution < -0.4 is 5.73 Å². The van der Waals surface area contributed by atoms with Crippen LogP contribution in [0.5, 0.6) is 0 Å². The molecular formula is C10H14N2O2S. The lowest BCUT2D eigenvalue weighted by molar-refractivity contribution is -0.139. The number of rotatable bonds is 3. The molecule has 0 saturated heterocycles. The normalized spacial score (nSPS) is 14.6. The number of anilines is 1. The highest BCUT2D eigenvalue weighted by molar-refractivity contribution is 7.82. The van der Waals surface area contributed by atoms with Gasteiger partial charge in [0.15, 0.2) is 0 Å². The zero-order valence-electron chi connectivity index (χ0n) is 8.69. The number of carbonyl (C=O) groups is 1. The Hall–Kier alpha value is -1.23. The molecule has 4 nitrogen and oxygen atoms in total. The molecule has 0 aromatic carbocycles. The molecule has 0 saturated carbocycles. The molecule has 82 valence electrons. The van der Waals surface area contributed by atoms with Gasteiger partial charge in [-0.15, -0.1) is 0 Å². The largest absolute Gasteiger partial charge is 0.480 e. The van der Waals surface area contributed by atoms with Crippen LogP contribution in [0.2, 0.25) is 0 Å². The van der Waals surface area contributed by atoms with Crippen molar-refractivity contribution in [2.24, 2.45) is 0 Å². The topological polar surface area (TPSA) is 76.2 Å². The van der Waals surface area contributed by atoms with Crippen LogP contribution in [0.4, 0.5) is 5.82 Å². The first-order valence-electron chi connectivity index (χ1n) is 4.49. The average Bonchev–Trinajstić information content (AvgIpc) is 2.09. The third-order valence-electron chi connectivity index (χ3n) is 2.24. The number of pyridine rings is 1. The highest BCUT2D eigenvalue weighted by atomic mass is 32.1. The van der Waals surface area contributed by atoms with Crippen molar-refractivity contribution in [3.63, 3.8) is 0 Å². The number of nitrogens with two attached hydrogens (primary N) is 1. The van der Waals surface area contributed by atoms with E-state index < -0.39 is 10.7 Å². The van der Waals surface area contributed by atoms with E-state index in [2.05, 4.69) is 17.6 Å². The molecule has 0 aliphatic heterocycles. The molecule has 3 N–H and O–H groups in total. The summed E-state index contributed by atoms with van der Waals surface area (Å²) < 4.78 is -1.08. The minimum absolute atomic E-state index is 0.324. The summed E-state index contributed by atoms with van der Waals surface area (Å²) in [5.41, 5.74) is 7.29. The fourth-order valence-corrected chi connectivity index (χ4v) is 1.41. The minimum atomic E-state index is -1.08. The Balaban J connectivity index is 2.95. The van der Waals surface area contributed by atoms with Gasteiger partial charge in [-0.25, -0.2) is 4.98 Å². The van der Waals surface area contributed by atoms with Crippen molar-refractivity contribution >= 4 is 24.4 Å². The lowest BCUT2D eigenvalue weighted by Crippen LogP contribution is -2.31. The van der Waals surface area contributed by atoms with Crippen LogP contribution in [0.15, 0.2) is 12.3 Å². The van der Waals surface area contributed by atoms with Gasteiger partial charge in [-0.2, -0.15) is 12.6 Å². The first-order chi connectivity index (χ1) is 6.83. The van der Waals surface area contributed by atoms with Crippen LogP contribution in [0.25, 0.3) is 0 Å². The van der Waals surface area contributed by atoms with Gasteiger partial charge in [0.05, 0.1) is 0 Å². The Morgan fingerprint density at radius 1 is 1.73 bits per heavy atom. The van der Waals surface area contributed by atoms with Gasteiger partial charge >= 0.3 is 5.97 Å². The molecule has 0 amide bonds. The highest BCUT2D eigenvalue weighted by Crippen LogP contribution is 2.22. The number of carboxylic acids is 1. The lowest BCUT2D eigenvalue weighted by atomic mass is 9.98. The number of nitrogens with zero attached hydrogens (tertiary/aromatic N) is 1. The van der Waals surface area contributed by atoms with E-state index in [1.807, 2.05) is 6.92 Å². The summed E-state index contributed by atoms with van der Waals surface area (Å²) in [6.45, 7) is 3.44. The van der Waals surface area contributed by atoms with Gasteiger partial charge < -0.3 is 10.8 Å². The molecule has 1 aromatic heterocycles. The van der Waals surface area contributed by atoms with E-state index in [9.17, 15) is 4.79 Å². The SMILES string of the molecule is Cc1cc(N)ncc1CC(C)(S)C(=O)O. The van der Waals surface area contributed by atoms with E-state index in [1.165, 1.54) is 0 Å². The summed E-state index contributed by atoms with van der Waals surface area (Å²) in [7, 11) is 0. The Labute approximate surface area is 93.9 Å². The molecule has 0 aliphatic rings. The molecule has 0 radical (unpaired) electrons. The monoisotopic (exact) mass is 226 g/mol. The predicted molar refractivity (Wildman–Crippen MR) is 62.1 cm³/mol. The van der Waals surface area contributed by atoms with Crippen LogP contribution >= 0.6 is 12.6 Å². The minimum Gasteiger partial charge on any atom is -0.480 e. The van der Waals surface area contributed by atoms with E-state index in [-0.39, 0.29) is 0 Å². The zero-order chi connectivity index (χ0) is 11.6. The van der Waals surface area contributed by atoms with E-state index in [0.29, 0.717) is 12.2 Å². The number of hydrogen-bond acceptors (Lipinski definition) is 4. The third kappa shape index (κ3) is 2.86. The predicted octanol–water partition coefficient (Wildman–Crippen LogP) is 1.29. The van der Waals surface area contributed by atoms with Gasteiger partial charge in [-0.3, -0.25) is 4.79 Å². The van der Waals surface area contributed by atoms with Gasteiger partial charge in [0.1, 0.15) is 10.6 Å². The second kappa shape index (κ2) is 4.10. The van der Waals surface area contributed by atoms with Crippen molar-refractivity contribution in [3.05, 3.63) is 23.4 Å². The lowest BCUT2D eigenvalue weighted by Gasteiger charge is -2.19. The van der Waals surface area contributed by atoms with Gasteiger partial charge in [0.2, 0.25) is 0 Å². The van der Waals surface area contributed by atoms with Crippen molar-refractivity contribution in [1.29, 1.82) is 0 Å². The molecule has 1 rings (SSSR count). The molecule has 1 atom stereocenters. The average molecular weight is 226 g/mol. The Morgan fingerprint density at radius 3 is 2.80 bits per heavy atom. The van der Waals surface area contributed by atoms with Crippen molar-refractivity contribution < 1.29 is 9.90 Å². The van der Waals surface area contributed by atoms with E-state index in [1.54, 1.807) is 19.2 Å². The first-order valence-corrected chi connectivity index (χ1v) is 4.94. The summed E-state index contributed by atoms with van der Waals surface area (Å²) in [6, 6.07) is 1.72. The van der Waals surface area contributed by atoms with Crippen LogP contribution in [0.3, 0.4) is 0 Å². The molecule has 0 spiro atoms. The molecule has 0 fully saturated rings. The summed E-state index contributed by atoms with van der Waals surface area (Å²) in [5.74, 6) is -0.505. The molecule has 15 heavy (non-hydrogen) atoms.